The summed E-state index contributed by atoms with van der Waals surface area (Å²) in [6.45, 7) is 1.65. The lowest BCUT2D eigenvalue weighted by Gasteiger charge is -2.28. The summed E-state index contributed by atoms with van der Waals surface area (Å²) in [7, 11) is 0. The van der Waals surface area contributed by atoms with Crippen LogP contribution < -0.4 is 0 Å². The van der Waals surface area contributed by atoms with E-state index < -0.39 is 10.4 Å². The summed E-state index contributed by atoms with van der Waals surface area (Å²) in [5.74, 6) is 0. The van der Waals surface area contributed by atoms with Gasteiger partial charge in [0.25, 0.3) is 0 Å². The highest BCUT2D eigenvalue weighted by atomic mass is 79.9. The summed E-state index contributed by atoms with van der Waals surface area (Å²) in [5.41, 5.74) is -0.0456. The SMILES string of the molecule is CC(O)(c1cnccn1)C(Br)c1ccc(Cl)cc1Cl. The molecule has 2 atom stereocenters. The molecule has 0 aliphatic carbocycles. The van der Waals surface area contributed by atoms with Crippen LogP contribution in [0.1, 0.15) is 23.0 Å². The fraction of sp³-hybridized carbons (Fsp3) is 0.231. The molecule has 2 rings (SSSR count). The lowest BCUT2D eigenvalue weighted by atomic mass is 9.93. The van der Waals surface area contributed by atoms with Gasteiger partial charge < -0.3 is 5.11 Å². The Bertz CT molecular complexity index is 578. The third-order valence-electron chi connectivity index (χ3n) is 2.81. The fourth-order valence-corrected chi connectivity index (χ4v) is 2.98. The van der Waals surface area contributed by atoms with Crippen LogP contribution in [0.15, 0.2) is 36.8 Å². The average molecular weight is 362 g/mol. The van der Waals surface area contributed by atoms with Gasteiger partial charge in [0.05, 0.1) is 16.7 Å². The molecule has 100 valence electrons. The van der Waals surface area contributed by atoms with Crippen molar-refractivity contribution in [2.24, 2.45) is 0 Å². The number of hydrogen-bond donors (Lipinski definition) is 1. The smallest absolute Gasteiger partial charge is 0.122 e. The van der Waals surface area contributed by atoms with Crippen LogP contribution in [0.25, 0.3) is 0 Å². The van der Waals surface area contributed by atoms with E-state index in [0.29, 0.717) is 15.7 Å². The van der Waals surface area contributed by atoms with Crippen molar-refractivity contribution >= 4 is 39.1 Å². The van der Waals surface area contributed by atoms with Crippen molar-refractivity contribution in [3.05, 3.63) is 58.1 Å². The van der Waals surface area contributed by atoms with Crippen molar-refractivity contribution in [3.8, 4) is 0 Å². The topological polar surface area (TPSA) is 46.0 Å². The van der Waals surface area contributed by atoms with Gasteiger partial charge in [0.2, 0.25) is 0 Å². The molecule has 0 amide bonds. The number of nitrogens with zero attached hydrogens (tertiary/aromatic N) is 2. The maximum atomic E-state index is 10.7. The molecule has 1 aromatic heterocycles. The van der Waals surface area contributed by atoms with Crippen LogP contribution in [0, 0.1) is 0 Å². The standard InChI is InChI=1S/C13H11BrCl2N2O/c1-13(19,11-7-17-4-5-18-11)12(14)9-3-2-8(15)6-10(9)16/h2-7,12,19H,1H3. The first kappa shape index (κ1) is 14.7. The van der Waals surface area contributed by atoms with Gasteiger partial charge in [-0.15, -0.1) is 0 Å². The molecule has 19 heavy (non-hydrogen) atoms. The Hall–Kier alpha value is -0.680. The van der Waals surface area contributed by atoms with Crippen LogP contribution in [-0.2, 0) is 5.60 Å². The van der Waals surface area contributed by atoms with Crippen LogP contribution >= 0.6 is 39.1 Å². The van der Waals surface area contributed by atoms with Gasteiger partial charge in [-0.05, 0) is 24.6 Å². The molecule has 2 unspecified atom stereocenters. The Morgan fingerprint density at radius 2 is 2.05 bits per heavy atom. The Morgan fingerprint density at radius 1 is 1.32 bits per heavy atom. The van der Waals surface area contributed by atoms with Gasteiger partial charge in [-0.1, -0.05) is 45.2 Å². The highest BCUT2D eigenvalue weighted by Gasteiger charge is 2.35. The maximum Gasteiger partial charge on any atom is 0.122 e. The molecule has 0 spiro atoms. The molecule has 6 heteroatoms. The molecule has 0 saturated heterocycles. The third-order valence-corrected chi connectivity index (χ3v) is 4.76. The van der Waals surface area contributed by atoms with E-state index in [-0.39, 0.29) is 0 Å². The van der Waals surface area contributed by atoms with Gasteiger partial charge in [-0.25, -0.2) is 0 Å². The molecule has 2 aromatic rings. The summed E-state index contributed by atoms with van der Waals surface area (Å²) in [6, 6.07) is 5.14. The monoisotopic (exact) mass is 360 g/mol. The van der Waals surface area contributed by atoms with Gasteiger partial charge in [0, 0.05) is 22.4 Å². The van der Waals surface area contributed by atoms with Crippen molar-refractivity contribution in [2.75, 3.05) is 0 Å². The van der Waals surface area contributed by atoms with E-state index in [4.69, 9.17) is 23.2 Å². The Labute approximate surface area is 129 Å². The largest absolute Gasteiger partial charge is 0.382 e. The van der Waals surface area contributed by atoms with E-state index >= 15 is 0 Å². The van der Waals surface area contributed by atoms with E-state index in [1.807, 2.05) is 0 Å². The van der Waals surface area contributed by atoms with Crippen molar-refractivity contribution < 1.29 is 5.11 Å². The minimum atomic E-state index is -1.24. The molecule has 0 radical (unpaired) electrons. The van der Waals surface area contributed by atoms with Gasteiger partial charge in [-0.2, -0.15) is 0 Å². The maximum absolute atomic E-state index is 10.7. The summed E-state index contributed by atoms with van der Waals surface area (Å²) < 4.78 is 0. The first-order chi connectivity index (χ1) is 8.93. The second kappa shape index (κ2) is 5.75. The van der Waals surface area contributed by atoms with Crippen LogP contribution in [0.5, 0.6) is 0 Å². The van der Waals surface area contributed by atoms with E-state index in [0.717, 1.165) is 5.56 Å². The van der Waals surface area contributed by atoms with E-state index in [1.54, 1.807) is 31.3 Å². The second-order valence-electron chi connectivity index (χ2n) is 4.27. The molecule has 1 aromatic carbocycles. The second-order valence-corrected chi connectivity index (χ2v) is 6.03. The number of aliphatic hydroxyl groups is 1. The van der Waals surface area contributed by atoms with Gasteiger partial charge in [-0.3, -0.25) is 9.97 Å². The number of aromatic nitrogens is 2. The van der Waals surface area contributed by atoms with Crippen molar-refractivity contribution in [1.29, 1.82) is 0 Å². The lowest BCUT2D eigenvalue weighted by molar-refractivity contribution is 0.0513. The fourth-order valence-electron chi connectivity index (χ4n) is 1.70. The minimum absolute atomic E-state index is 0.429. The molecule has 3 nitrogen and oxygen atoms in total. The van der Waals surface area contributed by atoms with Gasteiger partial charge in [0.15, 0.2) is 0 Å². The highest BCUT2D eigenvalue weighted by molar-refractivity contribution is 9.09. The Balaban J connectivity index is 2.40. The van der Waals surface area contributed by atoms with Crippen LogP contribution in [0.2, 0.25) is 10.0 Å². The normalized spacial score (nSPS) is 15.8. The molecular weight excluding hydrogens is 351 g/mol. The quantitative estimate of drug-likeness (QED) is 0.836. The predicted octanol–water partition coefficient (Wildman–Crippen LogP) is 4.13. The Morgan fingerprint density at radius 3 is 2.63 bits per heavy atom. The predicted molar refractivity (Wildman–Crippen MR) is 79.7 cm³/mol. The number of alkyl halides is 1. The minimum Gasteiger partial charge on any atom is -0.382 e. The van der Waals surface area contributed by atoms with E-state index in [9.17, 15) is 5.11 Å². The first-order valence-corrected chi connectivity index (χ1v) is 7.18. The average Bonchev–Trinajstić information content (AvgIpc) is 2.39. The van der Waals surface area contributed by atoms with E-state index in [2.05, 4.69) is 25.9 Å². The van der Waals surface area contributed by atoms with Gasteiger partial charge >= 0.3 is 0 Å². The molecule has 0 aliphatic heterocycles. The number of rotatable bonds is 3. The molecule has 1 heterocycles. The van der Waals surface area contributed by atoms with Crippen molar-refractivity contribution in [1.82, 2.24) is 9.97 Å². The van der Waals surface area contributed by atoms with Crippen molar-refractivity contribution in [2.45, 2.75) is 17.4 Å². The van der Waals surface area contributed by atoms with E-state index in [1.165, 1.54) is 12.4 Å². The zero-order valence-electron chi connectivity index (χ0n) is 10.0. The summed E-state index contributed by atoms with van der Waals surface area (Å²) in [6.07, 6.45) is 4.61. The molecule has 0 saturated carbocycles. The van der Waals surface area contributed by atoms with Crippen LogP contribution in [0.4, 0.5) is 0 Å². The van der Waals surface area contributed by atoms with Gasteiger partial charge in [0.1, 0.15) is 5.60 Å². The number of hydrogen-bond acceptors (Lipinski definition) is 3. The zero-order chi connectivity index (χ0) is 14.0. The molecule has 0 aliphatic rings. The molecule has 1 N–H and O–H groups in total. The summed E-state index contributed by atoms with van der Waals surface area (Å²) >= 11 is 15.5. The number of halogens is 3. The molecule has 0 fully saturated rings. The molecular formula is C13H11BrCl2N2O. The summed E-state index contributed by atoms with van der Waals surface area (Å²) in [4.78, 5) is 7.67. The van der Waals surface area contributed by atoms with Crippen LogP contribution in [-0.4, -0.2) is 15.1 Å². The zero-order valence-corrected chi connectivity index (χ0v) is 13.1. The molecule has 0 bridgehead atoms. The first-order valence-electron chi connectivity index (χ1n) is 5.51. The third kappa shape index (κ3) is 3.08. The van der Waals surface area contributed by atoms with Crippen molar-refractivity contribution in [3.63, 3.8) is 0 Å². The number of benzene rings is 1. The lowest BCUT2D eigenvalue weighted by Crippen LogP contribution is -2.28. The summed E-state index contributed by atoms with van der Waals surface area (Å²) in [5, 5.41) is 11.7. The Kier molecular flexibility index (Phi) is 4.46. The van der Waals surface area contributed by atoms with Crippen LogP contribution in [0.3, 0.4) is 0 Å². The highest BCUT2D eigenvalue weighted by Crippen LogP contribution is 2.43.